The lowest BCUT2D eigenvalue weighted by molar-refractivity contribution is 0.646. The maximum atomic E-state index is 2.50. The molecule has 2 aliphatic heterocycles. The number of fused-ring (bicyclic) bond motifs is 5. The number of benzene rings is 7. The van der Waals surface area contributed by atoms with Gasteiger partial charge in [-0.25, -0.2) is 0 Å². The van der Waals surface area contributed by atoms with E-state index in [1.54, 1.807) is 0 Å². The average Bonchev–Trinajstić information content (AvgIpc) is 3.11. The van der Waals surface area contributed by atoms with Crippen LogP contribution in [0.3, 0.4) is 0 Å². The van der Waals surface area contributed by atoms with Gasteiger partial charge in [0.25, 0.3) is 6.71 Å². The Morgan fingerprint density at radius 1 is 0.596 bits per heavy atom. The summed E-state index contributed by atoms with van der Waals surface area (Å²) >= 11 is 0. The Balaban J connectivity index is 1.40. The molecule has 2 aliphatic rings. The molecule has 0 aromatic heterocycles. The first-order valence-corrected chi connectivity index (χ1v) is 16.6. The number of hydrogen-bond donors (Lipinski definition) is 0. The fourth-order valence-corrected chi connectivity index (χ4v) is 8.16. The van der Waals surface area contributed by atoms with E-state index in [9.17, 15) is 0 Å². The molecule has 0 fully saturated rings. The Labute approximate surface area is 277 Å². The zero-order valence-electron chi connectivity index (χ0n) is 27.0. The predicted octanol–water partition coefficient (Wildman–Crippen LogP) is 9.92. The Morgan fingerprint density at radius 3 is 2.11 bits per heavy atom. The lowest BCUT2D eigenvalue weighted by Gasteiger charge is -2.46. The summed E-state index contributed by atoms with van der Waals surface area (Å²) in [5, 5.41) is 5.19. The van der Waals surface area contributed by atoms with E-state index in [1.165, 1.54) is 66.1 Å². The van der Waals surface area contributed by atoms with Crippen molar-refractivity contribution in [3.8, 4) is 0 Å². The third-order valence-corrected chi connectivity index (χ3v) is 10.4. The third kappa shape index (κ3) is 4.19. The molecular formula is C44H35BN2. The minimum Gasteiger partial charge on any atom is -0.320 e. The number of para-hydroxylation sites is 3. The van der Waals surface area contributed by atoms with Gasteiger partial charge in [-0.2, -0.15) is 0 Å². The van der Waals surface area contributed by atoms with Gasteiger partial charge in [0, 0.05) is 40.0 Å². The van der Waals surface area contributed by atoms with Crippen molar-refractivity contribution >= 4 is 61.9 Å². The molecule has 9 rings (SSSR count). The molecule has 0 bridgehead atoms. The molecule has 0 unspecified atom stereocenters. The van der Waals surface area contributed by atoms with Gasteiger partial charge in [-0.1, -0.05) is 135 Å². The highest BCUT2D eigenvalue weighted by atomic mass is 15.2. The summed E-state index contributed by atoms with van der Waals surface area (Å²) in [5.74, 6) is 0. The number of anilines is 4. The van der Waals surface area contributed by atoms with Gasteiger partial charge in [-0.15, -0.1) is 0 Å². The van der Waals surface area contributed by atoms with Crippen molar-refractivity contribution in [2.45, 2.75) is 26.2 Å². The smallest absolute Gasteiger partial charge is 0.268 e. The SMILES string of the molecule is Cc1ccccc1N(C1=CN(c2ccccc2)c2cccc3c2B1c1cc2ccc4ccccc4c2cc1C3(C)C)c1ccccc1. The van der Waals surface area contributed by atoms with Gasteiger partial charge in [-0.3, -0.25) is 0 Å². The van der Waals surface area contributed by atoms with Gasteiger partial charge in [0.15, 0.2) is 0 Å². The summed E-state index contributed by atoms with van der Waals surface area (Å²) in [6, 6.07) is 55.8. The fraction of sp³-hybridized carbons (Fsp3) is 0.0909. The van der Waals surface area contributed by atoms with Crippen molar-refractivity contribution in [2.24, 2.45) is 0 Å². The van der Waals surface area contributed by atoms with Crippen LogP contribution in [-0.4, -0.2) is 6.71 Å². The molecular weight excluding hydrogens is 567 g/mol. The van der Waals surface area contributed by atoms with Crippen molar-refractivity contribution in [3.63, 3.8) is 0 Å². The predicted molar refractivity (Wildman–Crippen MR) is 201 cm³/mol. The summed E-state index contributed by atoms with van der Waals surface area (Å²) in [6.45, 7) is 7.07. The minimum absolute atomic E-state index is 0.0277. The van der Waals surface area contributed by atoms with Crippen molar-refractivity contribution in [1.29, 1.82) is 0 Å². The van der Waals surface area contributed by atoms with Crippen LogP contribution in [0.25, 0.3) is 21.5 Å². The highest BCUT2D eigenvalue weighted by Gasteiger charge is 2.47. The van der Waals surface area contributed by atoms with Crippen LogP contribution in [0.4, 0.5) is 22.7 Å². The van der Waals surface area contributed by atoms with Gasteiger partial charge in [0.05, 0.1) is 0 Å². The molecule has 0 amide bonds. The van der Waals surface area contributed by atoms with Crippen molar-refractivity contribution in [3.05, 3.63) is 180 Å². The minimum atomic E-state index is -0.201. The van der Waals surface area contributed by atoms with Crippen LogP contribution in [0.15, 0.2) is 163 Å². The second kappa shape index (κ2) is 10.5. The Hall–Kier alpha value is -5.54. The summed E-state index contributed by atoms with van der Waals surface area (Å²) in [5.41, 5.74) is 12.6. The largest absolute Gasteiger partial charge is 0.320 e. The van der Waals surface area contributed by atoms with E-state index < -0.39 is 0 Å². The summed E-state index contributed by atoms with van der Waals surface area (Å²) in [4.78, 5) is 4.91. The quantitative estimate of drug-likeness (QED) is 0.146. The van der Waals surface area contributed by atoms with Gasteiger partial charge < -0.3 is 9.80 Å². The first-order chi connectivity index (χ1) is 23.0. The van der Waals surface area contributed by atoms with Crippen LogP contribution in [0.2, 0.25) is 0 Å². The molecule has 7 aromatic carbocycles. The van der Waals surface area contributed by atoms with Crippen LogP contribution in [0.1, 0.15) is 30.5 Å². The average molecular weight is 603 g/mol. The van der Waals surface area contributed by atoms with Crippen LogP contribution >= 0.6 is 0 Å². The third-order valence-electron chi connectivity index (χ3n) is 10.4. The van der Waals surface area contributed by atoms with E-state index in [0.29, 0.717) is 0 Å². The topological polar surface area (TPSA) is 6.48 Å². The highest BCUT2D eigenvalue weighted by Crippen LogP contribution is 2.44. The molecule has 2 nitrogen and oxygen atoms in total. The highest BCUT2D eigenvalue weighted by molar-refractivity contribution is 6.94. The van der Waals surface area contributed by atoms with Crippen molar-refractivity contribution in [2.75, 3.05) is 9.80 Å². The van der Waals surface area contributed by atoms with E-state index in [2.05, 4.69) is 188 Å². The molecule has 2 heterocycles. The van der Waals surface area contributed by atoms with Crippen LogP contribution in [0, 0.1) is 6.92 Å². The molecule has 0 atom stereocenters. The van der Waals surface area contributed by atoms with Crippen LogP contribution in [0.5, 0.6) is 0 Å². The van der Waals surface area contributed by atoms with Crippen molar-refractivity contribution in [1.82, 2.24) is 0 Å². The molecule has 3 heteroatoms. The van der Waals surface area contributed by atoms with E-state index in [1.807, 2.05) is 0 Å². The first-order valence-electron chi connectivity index (χ1n) is 16.6. The normalized spacial score (nSPS) is 14.5. The van der Waals surface area contributed by atoms with E-state index in [-0.39, 0.29) is 12.1 Å². The lowest BCUT2D eigenvalue weighted by atomic mass is 9.31. The number of nitrogens with zero attached hydrogens (tertiary/aromatic N) is 2. The number of aryl methyl sites for hydroxylation is 1. The fourth-order valence-electron chi connectivity index (χ4n) is 8.16. The van der Waals surface area contributed by atoms with E-state index >= 15 is 0 Å². The summed E-state index contributed by atoms with van der Waals surface area (Å²) in [6.07, 6.45) is 2.40. The van der Waals surface area contributed by atoms with Crippen molar-refractivity contribution < 1.29 is 0 Å². The molecule has 0 spiro atoms. The maximum absolute atomic E-state index is 2.50. The van der Waals surface area contributed by atoms with Gasteiger partial charge in [0.1, 0.15) is 0 Å². The Morgan fingerprint density at radius 2 is 1.30 bits per heavy atom. The Kier molecular flexibility index (Phi) is 6.20. The molecule has 0 saturated heterocycles. The summed E-state index contributed by atoms with van der Waals surface area (Å²) in [7, 11) is 0. The molecule has 0 N–H and O–H groups in total. The van der Waals surface area contributed by atoms with E-state index in [4.69, 9.17) is 0 Å². The number of rotatable bonds is 4. The lowest BCUT2D eigenvalue weighted by Crippen LogP contribution is -2.60. The molecule has 47 heavy (non-hydrogen) atoms. The molecule has 7 aromatic rings. The first kappa shape index (κ1) is 27.7. The molecule has 0 radical (unpaired) electrons. The van der Waals surface area contributed by atoms with Crippen LogP contribution < -0.4 is 20.7 Å². The Bertz CT molecular complexity index is 2360. The van der Waals surface area contributed by atoms with E-state index in [0.717, 1.165) is 11.4 Å². The van der Waals surface area contributed by atoms with Gasteiger partial charge >= 0.3 is 0 Å². The second-order valence-electron chi connectivity index (χ2n) is 13.5. The zero-order chi connectivity index (χ0) is 31.7. The number of hydrogen-bond acceptors (Lipinski definition) is 2. The standard InChI is InChI=1S/C44H35BN2/c1-30-15-10-13-23-40(30)47(34-19-8-5-9-20-34)42-29-46(33-17-6-4-7-18-33)41-24-14-22-37-43(41)45(42)39-27-32-26-25-31-16-11-12-21-35(31)36(32)28-38(39)44(37,2)3/h4-29H,1-3H3. The van der Waals surface area contributed by atoms with Crippen LogP contribution in [-0.2, 0) is 5.41 Å². The molecule has 0 saturated carbocycles. The van der Waals surface area contributed by atoms with Gasteiger partial charge in [-0.05, 0) is 87.0 Å². The molecule has 224 valence electrons. The monoisotopic (exact) mass is 602 g/mol. The zero-order valence-corrected chi connectivity index (χ0v) is 27.0. The van der Waals surface area contributed by atoms with Gasteiger partial charge in [0.2, 0.25) is 0 Å². The molecule has 0 aliphatic carbocycles. The maximum Gasteiger partial charge on any atom is 0.268 e. The summed E-state index contributed by atoms with van der Waals surface area (Å²) < 4.78 is 0. The second-order valence-corrected chi connectivity index (χ2v) is 13.5.